The summed E-state index contributed by atoms with van der Waals surface area (Å²) in [6.07, 6.45) is 6.03. The van der Waals surface area contributed by atoms with Gasteiger partial charge in [0.1, 0.15) is 0 Å². The minimum atomic E-state index is -4.09. The molecule has 16 heavy (non-hydrogen) atoms. The van der Waals surface area contributed by atoms with Gasteiger partial charge in [-0.2, -0.15) is 13.2 Å². The molecular formula is C11H20F3NS. The van der Waals surface area contributed by atoms with Crippen molar-refractivity contribution in [2.75, 3.05) is 12.3 Å². The Hall–Kier alpha value is 0.100. The molecular weight excluding hydrogens is 235 g/mol. The molecule has 0 aromatic heterocycles. The Morgan fingerprint density at radius 3 is 2.56 bits per heavy atom. The smallest absolute Gasteiger partial charge is 0.313 e. The molecule has 0 aromatic rings. The second-order valence-corrected chi connectivity index (χ2v) is 5.63. The van der Waals surface area contributed by atoms with Crippen molar-refractivity contribution in [2.24, 2.45) is 5.92 Å². The third-order valence-electron chi connectivity index (χ3n) is 3.14. The number of nitrogens with one attached hydrogen (secondary N) is 1. The highest BCUT2D eigenvalue weighted by molar-refractivity contribution is 8.00. The van der Waals surface area contributed by atoms with E-state index in [1.54, 1.807) is 0 Å². The van der Waals surface area contributed by atoms with E-state index >= 15 is 0 Å². The van der Waals surface area contributed by atoms with Crippen molar-refractivity contribution in [3.05, 3.63) is 0 Å². The van der Waals surface area contributed by atoms with E-state index in [0.29, 0.717) is 18.5 Å². The topological polar surface area (TPSA) is 12.0 Å². The van der Waals surface area contributed by atoms with Crippen LogP contribution in [0.3, 0.4) is 0 Å². The Morgan fingerprint density at radius 1 is 1.19 bits per heavy atom. The molecule has 1 fully saturated rings. The average Bonchev–Trinajstić information content (AvgIpc) is 2.37. The maximum atomic E-state index is 11.9. The van der Waals surface area contributed by atoms with Crippen molar-refractivity contribution >= 4 is 11.8 Å². The van der Waals surface area contributed by atoms with Crippen molar-refractivity contribution in [1.29, 1.82) is 0 Å². The van der Waals surface area contributed by atoms with Gasteiger partial charge in [0, 0.05) is 18.3 Å². The van der Waals surface area contributed by atoms with Gasteiger partial charge in [-0.3, -0.25) is 0 Å². The Labute approximate surface area is 99.6 Å². The molecule has 2 unspecified atom stereocenters. The first-order chi connectivity index (χ1) is 7.49. The molecule has 5 heteroatoms. The Kier molecular flexibility index (Phi) is 5.97. The maximum Gasteiger partial charge on any atom is 0.441 e. The van der Waals surface area contributed by atoms with Crippen molar-refractivity contribution in [2.45, 2.75) is 50.6 Å². The lowest BCUT2D eigenvalue weighted by molar-refractivity contribution is -0.0327. The lowest BCUT2D eigenvalue weighted by atomic mass is 9.97. The van der Waals surface area contributed by atoms with Gasteiger partial charge >= 0.3 is 5.51 Å². The van der Waals surface area contributed by atoms with Crippen molar-refractivity contribution < 1.29 is 13.2 Å². The number of rotatable bonds is 4. The van der Waals surface area contributed by atoms with Crippen LogP contribution in [0.1, 0.15) is 39.0 Å². The summed E-state index contributed by atoms with van der Waals surface area (Å²) in [5, 5.41) is 3.26. The Morgan fingerprint density at radius 2 is 1.88 bits per heavy atom. The van der Waals surface area contributed by atoms with Gasteiger partial charge in [-0.25, -0.2) is 0 Å². The van der Waals surface area contributed by atoms with E-state index in [1.165, 1.54) is 25.7 Å². The van der Waals surface area contributed by atoms with Crippen molar-refractivity contribution in [3.8, 4) is 0 Å². The summed E-state index contributed by atoms with van der Waals surface area (Å²) in [5.41, 5.74) is -4.09. The molecule has 1 nitrogen and oxygen atoms in total. The minimum Gasteiger partial charge on any atom is -0.313 e. The summed E-state index contributed by atoms with van der Waals surface area (Å²) in [4.78, 5) is 0. The van der Waals surface area contributed by atoms with E-state index in [1.807, 2.05) is 0 Å². The quantitative estimate of drug-likeness (QED) is 0.606. The van der Waals surface area contributed by atoms with Crippen LogP contribution in [0.25, 0.3) is 0 Å². The molecule has 1 rings (SSSR count). The highest BCUT2D eigenvalue weighted by Gasteiger charge is 2.27. The van der Waals surface area contributed by atoms with Crippen LogP contribution < -0.4 is 5.32 Å². The van der Waals surface area contributed by atoms with E-state index < -0.39 is 5.51 Å². The first kappa shape index (κ1) is 14.2. The zero-order valence-corrected chi connectivity index (χ0v) is 10.5. The molecule has 1 N–H and O–H groups in total. The summed E-state index contributed by atoms with van der Waals surface area (Å²) in [6, 6.07) is 0.413. The summed E-state index contributed by atoms with van der Waals surface area (Å²) < 4.78 is 35.7. The molecule has 1 saturated carbocycles. The highest BCUT2D eigenvalue weighted by Crippen LogP contribution is 2.29. The molecule has 0 radical (unpaired) electrons. The third-order valence-corrected chi connectivity index (χ3v) is 3.87. The van der Waals surface area contributed by atoms with E-state index in [4.69, 9.17) is 0 Å². The molecule has 96 valence electrons. The van der Waals surface area contributed by atoms with Crippen LogP contribution in [-0.4, -0.2) is 23.8 Å². The highest BCUT2D eigenvalue weighted by atomic mass is 32.2. The van der Waals surface area contributed by atoms with Gasteiger partial charge in [0.05, 0.1) is 0 Å². The second kappa shape index (κ2) is 6.74. The normalized spacial score (nSPS) is 27.8. The standard InChI is InChI=1S/C11H20F3NS/c1-9-5-3-2-4-6-10(9)15-7-8-16-11(12,13)14/h9-10,15H,2-8H2,1H3. The predicted molar refractivity (Wildman–Crippen MR) is 62.6 cm³/mol. The third kappa shape index (κ3) is 5.99. The van der Waals surface area contributed by atoms with E-state index in [9.17, 15) is 13.2 Å². The van der Waals surface area contributed by atoms with Crippen LogP contribution in [0, 0.1) is 5.92 Å². The molecule has 0 amide bonds. The fourth-order valence-electron chi connectivity index (χ4n) is 2.21. The zero-order valence-electron chi connectivity index (χ0n) is 9.65. The molecule has 0 spiro atoms. The molecule has 1 aliphatic rings. The summed E-state index contributed by atoms with van der Waals surface area (Å²) in [6.45, 7) is 2.65. The van der Waals surface area contributed by atoms with E-state index in [2.05, 4.69) is 12.2 Å². The SMILES string of the molecule is CC1CCCCCC1NCCSC(F)(F)F. The minimum absolute atomic E-state index is 0.0661. The first-order valence-corrected chi connectivity index (χ1v) is 6.91. The van der Waals surface area contributed by atoms with Gasteiger partial charge in [0.25, 0.3) is 0 Å². The number of halogens is 3. The molecule has 0 saturated heterocycles. The summed E-state index contributed by atoms with van der Waals surface area (Å²) >= 11 is 0.0661. The van der Waals surface area contributed by atoms with Crippen molar-refractivity contribution in [3.63, 3.8) is 0 Å². The van der Waals surface area contributed by atoms with Gasteiger partial charge in [-0.05, 0) is 30.5 Å². The predicted octanol–water partition coefficient (Wildman–Crippen LogP) is 3.80. The zero-order chi connectivity index (χ0) is 12.0. The molecule has 1 aliphatic carbocycles. The van der Waals surface area contributed by atoms with E-state index in [0.717, 1.165) is 6.42 Å². The number of hydrogen-bond donors (Lipinski definition) is 1. The van der Waals surface area contributed by atoms with Gasteiger partial charge in [0.15, 0.2) is 0 Å². The first-order valence-electron chi connectivity index (χ1n) is 5.93. The monoisotopic (exact) mass is 255 g/mol. The van der Waals surface area contributed by atoms with Crippen LogP contribution in [0.15, 0.2) is 0 Å². The Balaban J connectivity index is 2.15. The lowest BCUT2D eigenvalue weighted by Gasteiger charge is -2.22. The number of thioether (sulfide) groups is 1. The molecule has 0 bridgehead atoms. The summed E-state index contributed by atoms with van der Waals surface area (Å²) in [7, 11) is 0. The fraction of sp³-hybridized carbons (Fsp3) is 1.00. The van der Waals surface area contributed by atoms with Gasteiger partial charge in [-0.1, -0.05) is 26.2 Å². The molecule has 0 aliphatic heterocycles. The molecule has 0 heterocycles. The number of hydrogen-bond acceptors (Lipinski definition) is 2. The number of alkyl halides is 3. The van der Waals surface area contributed by atoms with Gasteiger partial charge in [-0.15, -0.1) is 0 Å². The van der Waals surface area contributed by atoms with Gasteiger partial charge < -0.3 is 5.32 Å². The van der Waals surface area contributed by atoms with Crippen LogP contribution in [0.5, 0.6) is 0 Å². The molecule has 0 aromatic carbocycles. The van der Waals surface area contributed by atoms with Crippen LogP contribution >= 0.6 is 11.8 Å². The summed E-state index contributed by atoms with van der Waals surface area (Å²) in [5.74, 6) is 0.714. The molecule has 2 atom stereocenters. The largest absolute Gasteiger partial charge is 0.441 e. The fourth-order valence-corrected chi connectivity index (χ4v) is 2.66. The van der Waals surface area contributed by atoms with E-state index in [-0.39, 0.29) is 17.5 Å². The maximum absolute atomic E-state index is 11.9. The average molecular weight is 255 g/mol. The van der Waals surface area contributed by atoms with Crippen molar-refractivity contribution in [1.82, 2.24) is 5.32 Å². The van der Waals surface area contributed by atoms with Crippen LogP contribution in [0.4, 0.5) is 13.2 Å². The lowest BCUT2D eigenvalue weighted by Crippen LogP contribution is -2.36. The van der Waals surface area contributed by atoms with Crippen LogP contribution in [0.2, 0.25) is 0 Å². The second-order valence-electron chi connectivity index (χ2n) is 4.47. The van der Waals surface area contributed by atoms with Gasteiger partial charge in [0.2, 0.25) is 0 Å². The van der Waals surface area contributed by atoms with Crippen LogP contribution in [-0.2, 0) is 0 Å². The Bertz CT molecular complexity index is 196.